The van der Waals surface area contributed by atoms with Crippen LogP contribution >= 0.6 is 11.8 Å². The lowest BCUT2D eigenvalue weighted by molar-refractivity contribution is -0.113. The van der Waals surface area contributed by atoms with Gasteiger partial charge in [0.15, 0.2) is 5.16 Å². The number of para-hydroxylation sites is 2. The number of aromatic nitrogens is 3. The summed E-state index contributed by atoms with van der Waals surface area (Å²) in [5, 5.41) is 12.6. The van der Waals surface area contributed by atoms with E-state index < -0.39 is 0 Å². The summed E-state index contributed by atoms with van der Waals surface area (Å²) < 4.78 is 2.10. The molecule has 1 saturated carbocycles. The van der Waals surface area contributed by atoms with E-state index in [9.17, 15) is 4.79 Å². The minimum absolute atomic E-state index is 0.0235. The number of thioether (sulfide) groups is 1. The number of hydrogen-bond acceptors (Lipinski definition) is 4. The van der Waals surface area contributed by atoms with Gasteiger partial charge in [-0.15, -0.1) is 10.2 Å². The molecule has 144 valence electrons. The van der Waals surface area contributed by atoms with E-state index in [0.29, 0.717) is 11.7 Å². The minimum Gasteiger partial charge on any atom is -0.325 e. The average molecular weight is 393 g/mol. The highest BCUT2D eigenvalue weighted by atomic mass is 32.2. The number of rotatable bonds is 7. The van der Waals surface area contributed by atoms with Crippen LogP contribution in [0.15, 0.2) is 53.7 Å². The third-order valence-corrected chi connectivity index (χ3v) is 5.88. The first-order valence-corrected chi connectivity index (χ1v) is 10.7. The van der Waals surface area contributed by atoms with Crippen LogP contribution in [0.2, 0.25) is 0 Å². The fourth-order valence-electron chi connectivity index (χ4n) is 3.31. The molecule has 0 saturated heterocycles. The largest absolute Gasteiger partial charge is 0.325 e. The van der Waals surface area contributed by atoms with E-state index in [1.165, 1.54) is 11.8 Å². The maximum Gasteiger partial charge on any atom is 0.234 e. The molecule has 0 spiro atoms. The van der Waals surface area contributed by atoms with Crippen LogP contribution in [-0.4, -0.2) is 26.4 Å². The number of amides is 1. The maximum absolute atomic E-state index is 12.6. The molecule has 6 heteroatoms. The van der Waals surface area contributed by atoms with E-state index in [-0.39, 0.29) is 5.91 Å². The van der Waals surface area contributed by atoms with Crippen molar-refractivity contribution in [2.24, 2.45) is 0 Å². The van der Waals surface area contributed by atoms with Gasteiger partial charge < -0.3 is 5.32 Å². The van der Waals surface area contributed by atoms with Crippen molar-refractivity contribution in [3.63, 3.8) is 0 Å². The molecule has 0 atom stereocenters. The van der Waals surface area contributed by atoms with Crippen molar-refractivity contribution in [1.82, 2.24) is 14.8 Å². The summed E-state index contributed by atoms with van der Waals surface area (Å²) in [5.41, 5.74) is 4.21. The summed E-state index contributed by atoms with van der Waals surface area (Å²) >= 11 is 1.43. The topological polar surface area (TPSA) is 59.8 Å². The number of aryl methyl sites for hydroxylation is 2. The quantitative estimate of drug-likeness (QED) is 0.590. The van der Waals surface area contributed by atoms with Crippen molar-refractivity contribution in [3.05, 3.63) is 65.5 Å². The van der Waals surface area contributed by atoms with Crippen LogP contribution in [0.3, 0.4) is 0 Å². The van der Waals surface area contributed by atoms with Crippen molar-refractivity contribution < 1.29 is 4.79 Å². The van der Waals surface area contributed by atoms with Crippen LogP contribution in [-0.2, 0) is 11.2 Å². The molecule has 1 fully saturated rings. The first kappa shape index (κ1) is 18.7. The summed E-state index contributed by atoms with van der Waals surface area (Å²) in [5.74, 6) is 1.76. The van der Waals surface area contributed by atoms with Crippen molar-refractivity contribution >= 4 is 23.4 Å². The van der Waals surface area contributed by atoms with Gasteiger partial charge in [0.1, 0.15) is 5.82 Å². The van der Waals surface area contributed by atoms with Gasteiger partial charge in [0, 0.05) is 17.3 Å². The van der Waals surface area contributed by atoms with Crippen molar-refractivity contribution in [3.8, 4) is 5.69 Å². The summed E-state index contributed by atoms with van der Waals surface area (Å²) in [6.45, 7) is 4.12. The summed E-state index contributed by atoms with van der Waals surface area (Å²) in [6.07, 6.45) is 3.20. The van der Waals surface area contributed by atoms with Gasteiger partial charge in [0.05, 0.1) is 5.75 Å². The molecular weight excluding hydrogens is 368 g/mol. The molecule has 3 aromatic rings. The molecule has 1 aliphatic rings. The third-order valence-electron chi connectivity index (χ3n) is 4.95. The van der Waals surface area contributed by atoms with Gasteiger partial charge in [-0.1, -0.05) is 55.1 Å². The van der Waals surface area contributed by atoms with E-state index in [4.69, 9.17) is 0 Å². The molecule has 1 aromatic heterocycles. The van der Waals surface area contributed by atoms with Gasteiger partial charge in [-0.05, 0) is 49.4 Å². The summed E-state index contributed by atoms with van der Waals surface area (Å²) in [4.78, 5) is 12.6. The highest BCUT2D eigenvalue weighted by molar-refractivity contribution is 7.99. The zero-order chi connectivity index (χ0) is 19.5. The second-order valence-corrected chi connectivity index (χ2v) is 8.03. The Morgan fingerprint density at radius 1 is 1.14 bits per heavy atom. The Kier molecular flexibility index (Phi) is 5.48. The van der Waals surface area contributed by atoms with E-state index in [1.54, 1.807) is 0 Å². The van der Waals surface area contributed by atoms with Crippen LogP contribution < -0.4 is 5.32 Å². The molecule has 5 nitrogen and oxygen atoms in total. The molecular formula is C22H24N4OS. The zero-order valence-corrected chi connectivity index (χ0v) is 17.0. The van der Waals surface area contributed by atoms with Gasteiger partial charge in [-0.2, -0.15) is 0 Å². The van der Waals surface area contributed by atoms with Gasteiger partial charge in [-0.3, -0.25) is 9.36 Å². The van der Waals surface area contributed by atoms with Gasteiger partial charge in [-0.25, -0.2) is 0 Å². The molecule has 0 unspecified atom stereocenters. The second-order valence-electron chi connectivity index (χ2n) is 7.09. The number of carbonyl (C=O) groups is 1. The second kappa shape index (κ2) is 8.19. The summed E-state index contributed by atoms with van der Waals surface area (Å²) in [7, 11) is 0. The highest BCUT2D eigenvalue weighted by Crippen LogP contribution is 2.41. The van der Waals surface area contributed by atoms with Crippen molar-refractivity contribution in [1.29, 1.82) is 0 Å². The van der Waals surface area contributed by atoms with Crippen LogP contribution in [0, 0.1) is 6.92 Å². The fraction of sp³-hybridized carbons (Fsp3) is 0.318. The van der Waals surface area contributed by atoms with Crippen molar-refractivity contribution in [2.45, 2.75) is 44.2 Å². The first-order valence-electron chi connectivity index (χ1n) is 9.69. The lowest BCUT2D eigenvalue weighted by atomic mass is 10.1. The monoisotopic (exact) mass is 392 g/mol. The Bertz CT molecular complexity index is 979. The lowest BCUT2D eigenvalue weighted by Gasteiger charge is -2.13. The number of nitrogens with zero attached hydrogens (tertiary/aromatic N) is 3. The molecule has 2 aromatic carbocycles. The number of carbonyl (C=O) groups excluding carboxylic acids is 1. The molecule has 1 N–H and O–H groups in total. The molecule has 4 rings (SSSR count). The Hall–Kier alpha value is -2.60. The Labute approximate surface area is 169 Å². The lowest BCUT2D eigenvalue weighted by Crippen LogP contribution is -2.16. The smallest absolute Gasteiger partial charge is 0.234 e. The predicted octanol–water partition coefficient (Wildman–Crippen LogP) is 4.75. The number of nitrogens with one attached hydrogen (secondary N) is 1. The Morgan fingerprint density at radius 2 is 1.93 bits per heavy atom. The fourth-order valence-corrected chi connectivity index (χ4v) is 4.07. The molecule has 0 aliphatic heterocycles. The average Bonchev–Trinajstić information content (AvgIpc) is 3.48. The first-order chi connectivity index (χ1) is 13.7. The molecule has 0 radical (unpaired) electrons. The van der Waals surface area contributed by atoms with Crippen LogP contribution in [0.5, 0.6) is 0 Å². The molecule has 1 amide bonds. The van der Waals surface area contributed by atoms with E-state index in [2.05, 4.69) is 45.2 Å². The molecule has 0 bridgehead atoms. The van der Waals surface area contributed by atoms with E-state index in [0.717, 1.165) is 52.7 Å². The van der Waals surface area contributed by atoms with Gasteiger partial charge in [0.25, 0.3) is 0 Å². The van der Waals surface area contributed by atoms with Crippen LogP contribution in [0.1, 0.15) is 42.6 Å². The molecule has 1 heterocycles. The van der Waals surface area contributed by atoms with E-state index in [1.807, 2.05) is 37.3 Å². The molecule has 28 heavy (non-hydrogen) atoms. The predicted molar refractivity (Wildman–Crippen MR) is 113 cm³/mol. The highest BCUT2D eigenvalue weighted by Gasteiger charge is 2.31. The SMILES string of the molecule is CCc1cccc(C)c1NC(=O)CSc1nnc(C2CC2)n1-c1ccccc1. The number of hydrogen-bond donors (Lipinski definition) is 1. The Morgan fingerprint density at radius 3 is 2.64 bits per heavy atom. The maximum atomic E-state index is 12.6. The Balaban J connectivity index is 1.51. The minimum atomic E-state index is -0.0235. The molecule has 1 aliphatic carbocycles. The number of benzene rings is 2. The zero-order valence-electron chi connectivity index (χ0n) is 16.2. The van der Waals surface area contributed by atoms with Crippen molar-refractivity contribution in [2.75, 3.05) is 11.1 Å². The van der Waals surface area contributed by atoms with Gasteiger partial charge in [0.2, 0.25) is 5.91 Å². The standard InChI is InChI=1S/C22H24N4OS/c1-3-16-9-7-8-15(2)20(16)23-19(27)14-28-22-25-24-21(17-12-13-17)26(22)18-10-5-4-6-11-18/h4-11,17H,3,12-14H2,1-2H3,(H,23,27). The summed E-state index contributed by atoms with van der Waals surface area (Å²) in [6, 6.07) is 16.2. The normalized spacial score (nSPS) is 13.5. The van der Waals surface area contributed by atoms with Crippen LogP contribution in [0.4, 0.5) is 5.69 Å². The van der Waals surface area contributed by atoms with E-state index >= 15 is 0 Å². The third kappa shape index (κ3) is 3.97. The van der Waals surface area contributed by atoms with Crippen LogP contribution in [0.25, 0.3) is 5.69 Å². The van der Waals surface area contributed by atoms with Gasteiger partial charge >= 0.3 is 0 Å². The number of anilines is 1.